The fourth-order valence-electron chi connectivity index (χ4n) is 2.97. The molecule has 138 valence electrons. The lowest BCUT2D eigenvalue weighted by atomic mass is 9.91. The Labute approximate surface area is 165 Å². The molecule has 26 heavy (non-hydrogen) atoms. The van der Waals surface area contributed by atoms with Crippen LogP contribution < -0.4 is 4.90 Å². The zero-order valence-electron chi connectivity index (χ0n) is 15.4. The van der Waals surface area contributed by atoms with E-state index in [1.54, 1.807) is 6.20 Å². The Balaban J connectivity index is 2.13. The topological polar surface area (TPSA) is 68.2 Å². The fourth-order valence-corrected chi connectivity index (χ4v) is 3.62. The van der Waals surface area contributed by atoms with Gasteiger partial charge < -0.3 is 9.64 Å². The summed E-state index contributed by atoms with van der Waals surface area (Å²) >= 11 is 4.88. The van der Waals surface area contributed by atoms with Gasteiger partial charge in [0.05, 0.1) is 17.5 Å². The van der Waals surface area contributed by atoms with Crippen LogP contribution in [0.3, 0.4) is 0 Å². The molecule has 0 N–H and O–H groups in total. The number of fused-ring (bicyclic) bond motifs is 1. The summed E-state index contributed by atoms with van der Waals surface area (Å²) in [5.74, 6) is 0.143. The van der Waals surface area contributed by atoms with Gasteiger partial charge in [0, 0.05) is 18.2 Å². The van der Waals surface area contributed by atoms with Gasteiger partial charge in [0.15, 0.2) is 11.0 Å². The van der Waals surface area contributed by atoms with E-state index in [1.807, 2.05) is 37.1 Å². The average molecular weight is 437 g/mol. The maximum Gasteiger partial charge on any atom is 0.343 e. The average Bonchev–Trinajstić information content (AvgIpc) is 2.84. The first-order valence-electron chi connectivity index (χ1n) is 8.29. The number of pyridine rings is 1. The predicted molar refractivity (Wildman–Crippen MR) is 106 cm³/mol. The lowest BCUT2D eigenvalue weighted by Gasteiger charge is -2.23. The SMILES string of the molecule is CSc1ncc(C(=O)OC(C)C)c(N2CC(C)(C)c3nc(Br)ccc32)n1. The van der Waals surface area contributed by atoms with Crippen LogP contribution in [0.4, 0.5) is 11.5 Å². The van der Waals surface area contributed by atoms with E-state index in [-0.39, 0.29) is 11.5 Å². The molecule has 0 saturated carbocycles. The maximum absolute atomic E-state index is 12.6. The molecule has 0 aromatic carbocycles. The van der Waals surface area contributed by atoms with Gasteiger partial charge in [0.2, 0.25) is 0 Å². The van der Waals surface area contributed by atoms with E-state index in [0.717, 1.165) is 16.0 Å². The number of esters is 1. The van der Waals surface area contributed by atoms with Gasteiger partial charge in [-0.15, -0.1) is 0 Å². The van der Waals surface area contributed by atoms with E-state index in [4.69, 9.17) is 4.74 Å². The zero-order chi connectivity index (χ0) is 19.1. The maximum atomic E-state index is 12.6. The molecule has 0 radical (unpaired) electrons. The second-order valence-electron chi connectivity index (χ2n) is 7.02. The third kappa shape index (κ3) is 3.57. The van der Waals surface area contributed by atoms with Crippen LogP contribution in [0.25, 0.3) is 0 Å². The highest BCUT2D eigenvalue weighted by Gasteiger charge is 2.39. The molecule has 1 aliphatic rings. The van der Waals surface area contributed by atoms with Crippen molar-refractivity contribution in [2.24, 2.45) is 0 Å². The minimum absolute atomic E-state index is 0.178. The molecule has 3 rings (SSSR count). The Morgan fingerprint density at radius 2 is 2.08 bits per heavy atom. The molecule has 2 aromatic heterocycles. The van der Waals surface area contributed by atoms with Crippen LogP contribution in [0.2, 0.25) is 0 Å². The highest BCUT2D eigenvalue weighted by atomic mass is 79.9. The standard InChI is InChI=1S/C18H21BrN4O2S/c1-10(2)25-16(24)11-8-20-17(26-5)22-15(11)23-9-18(3,4)14-12(23)6-7-13(19)21-14/h6-8,10H,9H2,1-5H3. The van der Waals surface area contributed by atoms with Crippen molar-refractivity contribution in [3.8, 4) is 0 Å². The van der Waals surface area contributed by atoms with Crippen LogP contribution in [0, 0.1) is 0 Å². The van der Waals surface area contributed by atoms with Crippen molar-refractivity contribution in [3.05, 3.63) is 34.2 Å². The third-order valence-corrected chi connectivity index (χ3v) is 5.08. The molecular formula is C18H21BrN4O2S. The van der Waals surface area contributed by atoms with Crippen LogP contribution in [0.15, 0.2) is 28.1 Å². The zero-order valence-corrected chi connectivity index (χ0v) is 17.8. The van der Waals surface area contributed by atoms with Gasteiger partial charge in [-0.25, -0.2) is 19.7 Å². The number of nitrogens with zero attached hydrogens (tertiary/aromatic N) is 4. The van der Waals surface area contributed by atoms with Gasteiger partial charge in [0.25, 0.3) is 0 Å². The summed E-state index contributed by atoms with van der Waals surface area (Å²) in [6, 6.07) is 3.90. The molecule has 2 aromatic rings. The first-order valence-corrected chi connectivity index (χ1v) is 10.3. The fraction of sp³-hybridized carbons (Fsp3) is 0.444. The van der Waals surface area contributed by atoms with Gasteiger partial charge in [-0.3, -0.25) is 0 Å². The van der Waals surface area contributed by atoms with E-state index >= 15 is 0 Å². The van der Waals surface area contributed by atoms with E-state index in [9.17, 15) is 4.79 Å². The first-order chi connectivity index (χ1) is 12.2. The summed E-state index contributed by atoms with van der Waals surface area (Å²) in [6.07, 6.45) is 3.25. The Kier molecular flexibility index (Phi) is 5.25. The molecule has 0 atom stereocenters. The molecule has 8 heteroatoms. The summed E-state index contributed by atoms with van der Waals surface area (Å²) in [7, 11) is 0. The van der Waals surface area contributed by atoms with E-state index in [0.29, 0.717) is 23.1 Å². The minimum atomic E-state index is -0.418. The van der Waals surface area contributed by atoms with Gasteiger partial charge in [-0.05, 0) is 48.2 Å². The quantitative estimate of drug-likeness (QED) is 0.305. The molecule has 0 aliphatic carbocycles. The highest BCUT2D eigenvalue weighted by molar-refractivity contribution is 9.10. The number of thioether (sulfide) groups is 1. The van der Waals surface area contributed by atoms with Crippen LogP contribution in [0.1, 0.15) is 43.7 Å². The number of rotatable bonds is 4. The van der Waals surface area contributed by atoms with Gasteiger partial charge in [-0.1, -0.05) is 25.6 Å². The Morgan fingerprint density at radius 1 is 1.35 bits per heavy atom. The van der Waals surface area contributed by atoms with Gasteiger partial charge >= 0.3 is 5.97 Å². The molecule has 3 heterocycles. The Hall–Kier alpha value is -1.67. The summed E-state index contributed by atoms with van der Waals surface area (Å²) in [5, 5.41) is 0.609. The highest BCUT2D eigenvalue weighted by Crippen LogP contribution is 2.44. The van der Waals surface area contributed by atoms with Crippen LogP contribution >= 0.6 is 27.7 Å². The summed E-state index contributed by atoms with van der Waals surface area (Å²) < 4.78 is 6.18. The van der Waals surface area contributed by atoms with E-state index in [1.165, 1.54) is 11.8 Å². The second-order valence-corrected chi connectivity index (χ2v) is 8.61. The number of ether oxygens (including phenoxy) is 1. The summed E-state index contributed by atoms with van der Waals surface area (Å²) in [4.78, 5) is 28.2. The van der Waals surface area contributed by atoms with Crippen molar-refractivity contribution in [3.63, 3.8) is 0 Å². The second kappa shape index (κ2) is 7.15. The largest absolute Gasteiger partial charge is 0.459 e. The molecule has 0 unspecified atom stereocenters. The van der Waals surface area contributed by atoms with Crippen molar-refractivity contribution in [1.82, 2.24) is 15.0 Å². The molecule has 6 nitrogen and oxygen atoms in total. The Morgan fingerprint density at radius 3 is 2.73 bits per heavy atom. The first kappa shape index (κ1) is 19.1. The van der Waals surface area contributed by atoms with E-state index < -0.39 is 5.97 Å². The van der Waals surface area contributed by atoms with Crippen molar-refractivity contribution in [2.45, 2.75) is 44.4 Å². The number of carbonyl (C=O) groups excluding carboxylic acids is 1. The molecule has 0 amide bonds. The molecule has 0 spiro atoms. The van der Waals surface area contributed by atoms with Crippen molar-refractivity contribution in [1.29, 1.82) is 0 Å². The van der Waals surface area contributed by atoms with Crippen molar-refractivity contribution < 1.29 is 9.53 Å². The summed E-state index contributed by atoms with van der Waals surface area (Å²) in [6.45, 7) is 8.58. The molecule has 0 bridgehead atoms. The third-order valence-electron chi connectivity index (χ3n) is 4.07. The van der Waals surface area contributed by atoms with Gasteiger partial charge in [0.1, 0.15) is 10.2 Å². The number of hydrogen-bond acceptors (Lipinski definition) is 7. The lowest BCUT2D eigenvalue weighted by Crippen LogP contribution is -2.28. The molecule has 0 saturated heterocycles. The normalized spacial score (nSPS) is 15.3. The number of aromatic nitrogens is 3. The number of carbonyl (C=O) groups is 1. The van der Waals surface area contributed by atoms with E-state index in [2.05, 4.69) is 44.7 Å². The number of halogens is 1. The van der Waals surface area contributed by atoms with Gasteiger partial charge in [-0.2, -0.15) is 0 Å². The smallest absolute Gasteiger partial charge is 0.343 e. The molecular weight excluding hydrogens is 416 g/mol. The monoisotopic (exact) mass is 436 g/mol. The molecule has 0 fully saturated rings. The molecule has 1 aliphatic heterocycles. The predicted octanol–water partition coefficient (Wildman–Crippen LogP) is 4.35. The van der Waals surface area contributed by atoms with Crippen LogP contribution in [-0.4, -0.2) is 39.8 Å². The van der Waals surface area contributed by atoms with Crippen molar-refractivity contribution >= 4 is 45.2 Å². The summed E-state index contributed by atoms with van der Waals surface area (Å²) in [5.41, 5.74) is 2.10. The number of anilines is 2. The van der Waals surface area contributed by atoms with Crippen LogP contribution in [0.5, 0.6) is 0 Å². The Bertz CT molecular complexity index is 857. The van der Waals surface area contributed by atoms with Crippen molar-refractivity contribution in [2.75, 3.05) is 17.7 Å². The minimum Gasteiger partial charge on any atom is -0.459 e. The lowest BCUT2D eigenvalue weighted by molar-refractivity contribution is 0.0377. The number of hydrogen-bond donors (Lipinski definition) is 0. The van der Waals surface area contributed by atoms with Crippen LogP contribution in [-0.2, 0) is 10.2 Å².